The van der Waals surface area contributed by atoms with Gasteiger partial charge in [0.1, 0.15) is 11.5 Å². The van der Waals surface area contributed by atoms with Crippen LogP contribution in [0.4, 0.5) is 5.69 Å². The highest BCUT2D eigenvalue weighted by molar-refractivity contribution is 7.98. The summed E-state index contributed by atoms with van der Waals surface area (Å²) < 4.78 is 10.4. The van der Waals surface area contributed by atoms with Gasteiger partial charge in [-0.25, -0.2) is 0 Å². The summed E-state index contributed by atoms with van der Waals surface area (Å²) in [5.41, 5.74) is 0.709. The minimum absolute atomic E-state index is 0.501. The maximum atomic E-state index is 6.10. The molecule has 0 aliphatic heterocycles. The number of anilines is 1. The van der Waals surface area contributed by atoms with Crippen molar-refractivity contribution in [2.24, 2.45) is 0 Å². The van der Waals surface area contributed by atoms with Crippen molar-refractivity contribution in [1.82, 2.24) is 5.32 Å². The van der Waals surface area contributed by atoms with Gasteiger partial charge in [0.2, 0.25) is 0 Å². The van der Waals surface area contributed by atoms with Gasteiger partial charge in [-0.05, 0) is 36.7 Å². The zero-order valence-corrected chi connectivity index (χ0v) is 14.2. The number of halogens is 1. The second-order valence-electron chi connectivity index (χ2n) is 3.91. The molecule has 1 rings (SSSR count). The number of hydrogen-bond acceptors (Lipinski definition) is 4. The van der Waals surface area contributed by atoms with E-state index in [4.69, 9.17) is 33.3 Å². The Morgan fingerprint density at radius 1 is 1.30 bits per heavy atom. The minimum Gasteiger partial charge on any atom is -0.495 e. The first-order valence-corrected chi connectivity index (χ1v) is 8.25. The van der Waals surface area contributed by atoms with Crippen LogP contribution in [0.15, 0.2) is 12.1 Å². The lowest BCUT2D eigenvalue weighted by Crippen LogP contribution is -2.29. The number of ether oxygens (including phenoxy) is 2. The van der Waals surface area contributed by atoms with Crippen LogP contribution in [-0.2, 0) is 0 Å². The Balaban J connectivity index is 2.66. The van der Waals surface area contributed by atoms with Crippen LogP contribution in [0.2, 0.25) is 5.02 Å². The highest BCUT2D eigenvalue weighted by atomic mass is 35.5. The first kappa shape index (κ1) is 17.2. The van der Waals surface area contributed by atoms with E-state index in [9.17, 15) is 0 Å². The van der Waals surface area contributed by atoms with Gasteiger partial charge in [0.15, 0.2) is 5.11 Å². The molecule has 0 spiro atoms. The molecule has 1 aromatic carbocycles. The van der Waals surface area contributed by atoms with Gasteiger partial charge in [0.05, 0.1) is 24.9 Å². The van der Waals surface area contributed by atoms with Crippen LogP contribution in [0.25, 0.3) is 0 Å². The number of thiocarbonyl (C=S) groups is 1. The summed E-state index contributed by atoms with van der Waals surface area (Å²) in [6, 6.07) is 3.45. The summed E-state index contributed by atoms with van der Waals surface area (Å²) in [5, 5.41) is 7.27. The van der Waals surface area contributed by atoms with Gasteiger partial charge < -0.3 is 20.1 Å². The lowest BCUT2D eigenvalue weighted by atomic mass is 10.2. The highest BCUT2D eigenvalue weighted by Gasteiger charge is 2.10. The summed E-state index contributed by atoms with van der Waals surface area (Å²) in [4.78, 5) is 0. The van der Waals surface area contributed by atoms with Crippen LogP contribution < -0.4 is 20.1 Å². The highest BCUT2D eigenvalue weighted by Crippen LogP contribution is 2.35. The van der Waals surface area contributed by atoms with Gasteiger partial charge in [-0.1, -0.05) is 11.6 Å². The lowest BCUT2D eigenvalue weighted by molar-refractivity contribution is 0.396. The number of rotatable bonds is 7. The van der Waals surface area contributed by atoms with Gasteiger partial charge in [-0.3, -0.25) is 0 Å². The molecule has 0 bridgehead atoms. The molecule has 0 aliphatic carbocycles. The fourth-order valence-electron chi connectivity index (χ4n) is 1.54. The molecule has 4 nitrogen and oxygen atoms in total. The fraction of sp³-hybridized carbons (Fsp3) is 0.462. The molecule has 0 saturated heterocycles. The minimum atomic E-state index is 0.501. The van der Waals surface area contributed by atoms with Crippen molar-refractivity contribution in [3.63, 3.8) is 0 Å². The largest absolute Gasteiger partial charge is 0.495 e. The summed E-state index contributed by atoms with van der Waals surface area (Å²) in [6.45, 7) is 0.832. The molecule has 0 atom stereocenters. The van der Waals surface area contributed by atoms with Crippen molar-refractivity contribution in [1.29, 1.82) is 0 Å². The Hall–Kier alpha value is -0.850. The smallest absolute Gasteiger partial charge is 0.170 e. The van der Waals surface area contributed by atoms with E-state index in [0.717, 1.165) is 18.7 Å². The molecule has 20 heavy (non-hydrogen) atoms. The quantitative estimate of drug-likeness (QED) is 0.588. The average molecular weight is 335 g/mol. The Bertz CT molecular complexity index is 458. The van der Waals surface area contributed by atoms with E-state index in [1.807, 2.05) is 11.8 Å². The van der Waals surface area contributed by atoms with Crippen molar-refractivity contribution in [3.8, 4) is 11.5 Å². The van der Waals surface area contributed by atoms with Crippen LogP contribution in [0, 0.1) is 0 Å². The van der Waals surface area contributed by atoms with Gasteiger partial charge in [-0.2, -0.15) is 11.8 Å². The van der Waals surface area contributed by atoms with Crippen LogP contribution in [0.5, 0.6) is 11.5 Å². The fourth-order valence-corrected chi connectivity index (χ4v) is 2.43. The van der Waals surface area contributed by atoms with E-state index >= 15 is 0 Å². The third kappa shape index (κ3) is 5.26. The third-order valence-corrected chi connectivity index (χ3v) is 3.77. The molecule has 0 heterocycles. The van der Waals surface area contributed by atoms with Crippen molar-refractivity contribution < 1.29 is 9.47 Å². The summed E-state index contributed by atoms with van der Waals surface area (Å²) in [5.74, 6) is 2.29. The van der Waals surface area contributed by atoms with Crippen molar-refractivity contribution in [3.05, 3.63) is 17.2 Å². The van der Waals surface area contributed by atoms with Crippen molar-refractivity contribution >= 4 is 46.4 Å². The molecule has 1 aromatic rings. The SMILES string of the molecule is COc1cc(OC)c(NC(=S)NCCCSC)cc1Cl. The molecular weight excluding hydrogens is 316 g/mol. The molecule has 0 amide bonds. The molecule has 0 aliphatic rings. The van der Waals surface area contributed by atoms with Gasteiger partial charge >= 0.3 is 0 Å². The number of nitrogens with one attached hydrogen (secondary N) is 2. The van der Waals surface area contributed by atoms with E-state index in [0.29, 0.717) is 27.3 Å². The Kier molecular flexibility index (Phi) is 7.87. The van der Waals surface area contributed by atoms with Crippen molar-refractivity contribution in [2.45, 2.75) is 6.42 Å². The predicted octanol–water partition coefficient (Wildman–Crippen LogP) is 3.40. The van der Waals surface area contributed by atoms with Gasteiger partial charge in [0.25, 0.3) is 0 Å². The Morgan fingerprint density at radius 2 is 2.00 bits per heavy atom. The zero-order chi connectivity index (χ0) is 15.0. The predicted molar refractivity (Wildman–Crippen MR) is 91.8 cm³/mol. The standard InChI is InChI=1S/C13H19ClN2O2S2/c1-17-11-8-12(18-2)10(7-9(11)14)16-13(19)15-5-4-6-20-3/h7-8H,4-6H2,1-3H3,(H2,15,16,19). The topological polar surface area (TPSA) is 42.5 Å². The first-order chi connectivity index (χ1) is 9.62. The van der Waals surface area contributed by atoms with Crippen LogP contribution >= 0.6 is 35.6 Å². The molecule has 0 radical (unpaired) electrons. The van der Waals surface area contributed by atoms with Gasteiger partial charge in [0, 0.05) is 12.6 Å². The molecule has 0 fully saturated rings. The van der Waals surface area contributed by atoms with E-state index in [-0.39, 0.29) is 0 Å². The molecule has 7 heteroatoms. The normalized spacial score (nSPS) is 10.0. The number of methoxy groups -OCH3 is 2. The number of thioether (sulfide) groups is 1. The third-order valence-electron chi connectivity index (χ3n) is 2.53. The van der Waals surface area contributed by atoms with Crippen LogP contribution in [0.3, 0.4) is 0 Å². The van der Waals surface area contributed by atoms with Crippen molar-refractivity contribution in [2.75, 3.05) is 38.1 Å². The maximum Gasteiger partial charge on any atom is 0.170 e. The monoisotopic (exact) mass is 334 g/mol. The van der Waals surface area contributed by atoms with E-state index in [2.05, 4.69) is 16.9 Å². The summed E-state index contributed by atoms with van der Waals surface area (Å²) in [7, 11) is 3.15. The molecule has 0 aromatic heterocycles. The Labute approximate surface area is 134 Å². The van der Waals surface area contributed by atoms with E-state index in [1.165, 1.54) is 0 Å². The van der Waals surface area contributed by atoms with E-state index in [1.54, 1.807) is 26.4 Å². The van der Waals surface area contributed by atoms with Crippen LogP contribution in [-0.4, -0.2) is 37.9 Å². The average Bonchev–Trinajstić information content (AvgIpc) is 2.44. The molecule has 0 unspecified atom stereocenters. The summed E-state index contributed by atoms with van der Waals surface area (Å²) >= 11 is 13.2. The molecule has 2 N–H and O–H groups in total. The molecule has 0 saturated carbocycles. The molecule has 112 valence electrons. The lowest BCUT2D eigenvalue weighted by Gasteiger charge is -2.15. The second kappa shape index (κ2) is 9.15. The summed E-state index contributed by atoms with van der Waals surface area (Å²) in [6.07, 6.45) is 3.14. The maximum absolute atomic E-state index is 6.10. The zero-order valence-electron chi connectivity index (χ0n) is 11.8. The number of benzene rings is 1. The second-order valence-corrected chi connectivity index (χ2v) is 5.72. The molecular formula is C13H19ClN2O2S2. The number of hydrogen-bond donors (Lipinski definition) is 2. The first-order valence-electron chi connectivity index (χ1n) is 6.07. The van der Waals surface area contributed by atoms with Gasteiger partial charge in [-0.15, -0.1) is 0 Å². The van der Waals surface area contributed by atoms with Crippen LogP contribution in [0.1, 0.15) is 6.42 Å². The Morgan fingerprint density at radius 3 is 2.60 bits per heavy atom. The van der Waals surface area contributed by atoms with E-state index < -0.39 is 0 Å².